The zero-order chi connectivity index (χ0) is 17.2. The van der Waals surface area contributed by atoms with Crippen LogP contribution < -0.4 is 0 Å². The zero-order valence-electron chi connectivity index (χ0n) is 14.2. The Morgan fingerprint density at radius 1 is 0.875 bits per heavy atom. The molecule has 126 valence electrons. The van der Waals surface area contributed by atoms with Crippen LogP contribution in [0.25, 0.3) is 0 Å². The van der Waals surface area contributed by atoms with Gasteiger partial charge in [-0.05, 0) is 24.8 Å². The van der Waals surface area contributed by atoms with Gasteiger partial charge >= 0.3 is 5.97 Å². The second-order valence-corrected chi connectivity index (χ2v) is 5.82. The first kappa shape index (κ1) is 17.9. The molecule has 0 aliphatic carbocycles. The van der Waals surface area contributed by atoms with Crippen molar-refractivity contribution >= 4 is 11.8 Å². The van der Waals surface area contributed by atoms with Gasteiger partial charge in [0.1, 0.15) is 0 Å². The second kappa shape index (κ2) is 9.66. The molecule has 0 bridgehead atoms. The molecule has 0 saturated carbocycles. The van der Waals surface area contributed by atoms with Crippen LogP contribution in [0.4, 0.5) is 0 Å². The van der Waals surface area contributed by atoms with Gasteiger partial charge in [0.25, 0.3) is 0 Å². The Kier molecular flexibility index (Phi) is 7.21. The molecule has 0 aliphatic heterocycles. The number of hydrogen-bond acceptors (Lipinski definition) is 3. The maximum Gasteiger partial charge on any atom is 0.305 e. The number of benzene rings is 2. The normalized spacial score (nSPS) is 10.4. The number of unbranched alkanes of at least 4 members (excludes halogenated alkanes) is 1. The fraction of sp³-hybridized carbons (Fsp3) is 0.333. The van der Waals surface area contributed by atoms with E-state index in [0.717, 1.165) is 31.2 Å². The number of hydrogen-bond donors (Lipinski definition) is 0. The van der Waals surface area contributed by atoms with Crippen LogP contribution in [0.15, 0.2) is 54.6 Å². The molecule has 2 rings (SSSR count). The minimum atomic E-state index is -0.111. The zero-order valence-corrected chi connectivity index (χ0v) is 14.2. The van der Waals surface area contributed by atoms with Crippen LogP contribution in [0.1, 0.15) is 54.1 Å². The molecule has 3 nitrogen and oxygen atoms in total. The summed E-state index contributed by atoms with van der Waals surface area (Å²) >= 11 is 0. The number of ether oxygens (including phenoxy) is 1. The van der Waals surface area contributed by atoms with Gasteiger partial charge in [0.05, 0.1) is 6.61 Å². The van der Waals surface area contributed by atoms with E-state index in [4.69, 9.17) is 4.74 Å². The monoisotopic (exact) mass is 324 g/mol. The summed E-state index contributed by atoms with van der Waals surface area (Å²) in [5, 5.41) is 0. The van der Waals surface area contributed by atoms with E-state index in [1.165, 1.54) is 0 Å². The van der Waals surface area contributed by atoms with Gasteiger partial charge in [-0.1, -0.05) is 67.9 Å². The van der Waals surface area contributed by atoms with Crippen molar-refractivity contribution in [3.63, 3.8) is 0 Å². The van der Waals surface area contributed by atoms with E-state index in [1.54, 1.807) is 0 Å². The number of esters is 1. The molecule has 0 heterocycles. The summed E-state index contributed by atoms with van der Waals surface area (Å²) in [6.45, 7) is 2.51. The summed E-state index contributed by atoms with van der Waals surface area (Å²) in [5.74, 6) is -0.0762. The summed E-state index contributed by atoms with van der Waals surface area (Å²) < 4.78 is 5.19. The van der Waals surface area contributed by atoms with E-state index in [9.17, 15) is 9.59 Å². The van der Waals surface area contributed by atoms with E-state index in [0.29, 0.717) is 24.2 Å². The van der Waals surface area contributed by atoms with E-state index >= 15 is 0 Å². The van der Waals surface area contributed by atoms with Crippen LogP contribution >= 0.6 is 0 Å². The third kappa shape index (κ3) is 5.65. The van der Waals surface area contributed by atoms with Crippen LogP contribution in [-0.2, 0) is 16.0 Å². The molecule has 0 fully saturated rings. The van der Waals surface area contributed by atoms with Crippen LogP contribution in [0.3, 0.4) is 0 Å². The average Bonchev–Trinajstić information content (AvgIpc) is 2.64. The van der Waals surface area contributed by atoms with Crippen molar-refractivity contribution in [1.29, 1.82) is 0 Å². The Hall–Kier alpha value is -2.42. The van der Waals surface area contributed by atoms with Crippen LogP contribution in [0.2, 0.25) is 0 Å². The van der Waals surface area contributed by atoms with Crippen LogP contribution in [0, 0.1) is 0 Å². The van der Waals surface area contributed by atoms with Crippen molar-refractivity contribution < 1.29 is 14.3 Å². The van der Waals surface area contributed by atoms with Crippen molar-refractivity contribution in [2.45, 2.75) is 39.0 Å². The molecule has 2 aromatic rings. The van der Waals surface area contributed by atoms with Crippen LogP contribution in [-0.4, -0.2) is 18.4 Å². The first-order valence-corrected chi connectivity index (χ1v) is 8.55. The Morgan fingerprint density at radius 3 is 2.21 bits per heavy atom. The highest BCUT2D eigenvalue weighted by atomic mass is 16.5. The lowest BCUT2D eigenvalue weighted by Crippen LogP contribution is -2.06. The maximum absolute atomic E-state index is 12.3. The SMILES string of the molecule is CCCCC(=O)OCCCc1ccc(C(=O)c2ccccc2)cc1. The molecular weight excluding hydrogens is 300 g/mol. The molecule has 0 amide bonds. The number of carbonyl (C=O) groups excluding carboxylic acids is 2. The van der Waals surface area contributed by atoms with Crippen molar-refractivity contribution in [1.82, 2.24) is 0 Å². The molecule has 0 radical (unpaired) electrons. The fourth-order valence-corrected chi connectivity index (χ4v) is 2.43. The topological polar surface area (TPSA) is 43.4 Å². The lowest BCUT2D eigenvalue weighted by Gasteiger charge is -2.06. The van der Waals surface area contributed by atoms with Crippen molar-refractivity contribution in [2.24, 2.45) is 0 Å². The van der Waals surface area contributed by atoms with Crippen LogP contribution in [0.5, 0.6) is 0 Å². The van der Waals surface area contributed by atoms with Gasteiger partial charge in [-0.2, -0.15) is 0 Å². The summed E-state index contributed by atoms with van der Waals surface area (Å²) in [6.07, 6.45) is 4.02. The van der Waals surface area contributed by atoms with Gasteiger partial charge in [0.15, 0.2) is 5.78 Å². The highest BCUT2D eigenvalue weighted by Gasteiger charge is 2.08. The molecule has 2 aromatic carbocycles. The van der Waals surface area contributed by atoms with E-state index in [2.05, 4.69) is 6.92 Å². The minimum Gasteiger partial charge on any atom is -0.466 e. The largest absolute Gasteiger partial charge is 0.466 e. The molecule has 0 spiro atoms. The fourth-order valence-electron chi connectivity index (χ4n) is 2.43. The molecular formula is C21H24O3. The number of carbonyl (C=O) groups is 2. The lowest BCUT2D eigenvalue weighted by atomic mass is 10.0. The Bertz CT molecular complexity index is 645. The first-order valence-electron chi connectivity index (χ1n) is 8.55. The summed E-state index contributed by atoms with van der Waals surface area (Å²) in [5.41, 5.74) is 2.53. The molecule has 0 N–H and O–H groups in total. The molecule has 3 heteroatoms. The standard InChI is InChI=1S/C21H24O3/c1-2-3-11-20(22)24-16-7-8-17-12-14-19(15-13-17)21(23)18-9-5-4-6-10-18/h4-6,9-10,12-15H,2-3,7-8,11,16H2,1H3. The Balaban J connectivity index is 1.78. The molecule has 0 atom stereocenters. The molecule has 0 unspecified atom stereocenters. The van der Waals surface area contributed by atoms with Gasteiger partial charge in [-0.3, -0.25) is 9.59 Å². The molecule has 0 aromatic heterocycles. The molecule has 0 saturated heterocycles. The van der Waals surface area contributed by atoms with E-state index < -0.39 is 0 Å². The van der Waals surface area contributed by atoms with Gasteiger partial charge < -0.3 is 4.74 Å². The number of aryl methyl sites for hydroxylation is 1. The highest BCUT2D eigenvalue weighted by Crippen LogP contribution is 2.12. The lowest BCUT2D eigenvalue weighted by molar-refractivity contribution is -0.143. The highest BCUT2D eigenvalue weighted by molar-refractivity contribution is 6.08. The Morgan fingerprint density at radius 2 is 1.54 bits per heavy atom. The smallest absolute Gasteiger partial charge is 0.305 e. The predicted molar refractivity (Wildman–Crippen MR) is 95.1 cm³/mol. The third-order valence-corrected chi connectivity index (χ3v) is 3.86. The third-order valence-electron chi connectivity index (χ3n) is 3.86. The van der Waals surface area contributed by atoms with Crippen molar-refractivity contribution in [3.8, 4) is 0 Å². The maximum atomic E-state index is 12.3. The van der Waals surface area contributed by atoms with Crippen molar-refractivity contribution in [3.05, 3.63) is 71.3 Å². The Labute approximate surface area is 143 Å². The van der Waals surface area contributed by atoms with E-state index in [1.807, 2.05) is 54.6 Å². The van der Waals surface area contributed by atoms with Gasteiger partial charge in [-0.15, -0.1) is 0 Å². The summed E-state index contributed by atoms with van der Waals surface area (Å²) in [4.78, 5) is 23.7. The summed E-state index contributed by atoms with van der Waals surface area (Å²) in [7, 11) is 0. The van der Waals surface area contributed by atoms with Gasteiger partial charge in [-0.25, -0.2) is 0 Å². The second-order valence-electron chi connectivity index (χ2n) is 5.82. The quantitative estimate of drug-likeness (QED) is 0.385. The average molecular weight is 324 g/mol. The number of ketones is 1. The predicted octanol–water partition coefficient (Wildman–Crippen LogP) is 4.58. The molecule has 0 aliphatic rings. The molecule has 24 heavy (non-hydrogen) atoms. The summed E-state index contributed by atoms with van der Waals surface area (Å²) in [6, 6.07) is 16.9. The van der Waals surface area contributed by atoms with Gasteiger partial charge in [0.2, 0.25) is 0 Å². The van der Waals surface area contributed by atoms with E-state index in [-0.39, 0.29) is 11.8 Å². The van der Waals surface area contributed by atoms with Gasteiger partial charge in [0, 0.05) is 17.5 Å². The number of rotatable bonds is 9. The minimum absolute atomic E-state index is 0.0343. The van der Waals surface area contributed by atoms with Crippen molar-refractivity contribution in [2.75, 3.05) is 6.61 Å². The first-order chi connectivity index (χ1) is 11.7.